The molecule has 0 spiro atoms. The summed E-state index contributed by atoms with van der Waals surface area (Å²) in [5.74, 6) is -1.18. The van der Waals surface area contributed by atoms with Crippen LogP contribution in [0.1, 0.15) is 5.56 Å². The van der Waals surface area contributed by atoms with Gasteiger partial charge in [-0.2, -0.15) is 5.10 Å². The highest BCUT2D eigenvalue weighted by Crippen LogP contribution is 2.20. The summed E-state index contributed by atoms with van der Waals surface area (Å²) >= 11 is 0. The van der Waals surface area contributed by atoms with Crippen LogP contribution in [-0.2, 0) is 4.79 Å². The molecular weight excluding hydrogens is 278 g/mol. The summed E-state index contributed by atoms with van der Waals surface area (Å²) in [4.78, 5) is 32.0. The largest absolute Gasteiger partial charge is 0.478 e. The molecule has 0 amide bonds. The minimum absolute atomic E-state index is 0.0610. The molecule has 0 unspecified atom stereocenters. The molecule has 106 valence electrons. The fourth-order valence-electron chi connectivity index (χ4n) is 1.61. The zero-order chi connectivity index (χ0) is 15.4. The van der Waals surface area contributed by atoms with Gasteiger partial charge in [-0.15, -0.1) is 0 Å². The summed E-state index contributed by atoms with van der Waals surface area (Å²) in [5, 5.41) is 25.2. The van der Waals surface area contributed by atoms with Crippen molar-refractivity contribution in [3.63, 3.8) is 0 Å². The Morgan fingerprint density at radius 2 is 2.00 bits per heavy atom. The molecule has 2 N–H and O–H groups in total. The van der Waals surface area contributed by atoms with Crippen molar-refractivity contribution in [2.45, 2.75) is 0 Å². The van der Waals surface area contributed by atoms with Gasteiger partial charge in [-0.05, 0) is 24.3 Å². The van der Waals surface area contributed by atoms with Crippen molar-refractivity contribution in [1.82, 2.24) is 10.2 Å². The second-order valence-corrected chi connectivity index (χ2v) is 4.01. The van der Waals surface area contributed by atoms with Crippen LogP contribution >= 0.6 is 0 Å². The number of hydrogen-bond donors (Lipinski definition) is 2. The Kier molecular flexibility index (Phi) is 3.89. The third kappa shape index (κ3) is 3.38. The number of nitrogens with zero attached hydrogens (tertiary/aromatic N) is 2. The highest BCUT2D eigenvalue weighted by atomic mass is 16.6. The van der Waals surface area contributed by atoms with E-state index in [1.54, 1.807) is 0 Å². The average Bonchev–Trinajstić information content (AvgIpc) is 2.46. The molecule has 1 aromatic heterocycles. The van der Waals surface area contributed by atoms with Crippen LogP contribution in [0.3, 0.4) is 0 Å². The van der Waals surface area contributed by atoms with Gasteiger partial charge in [0.15, 0.2) is 0 Å². The first-order valence-electron chi connectivity index (χ1n) is 5.73. The number of carboxylic acid groups (broad SMARTS) is 1. The number of nitro groups is 1. The second-order valence-electron chi connectivity index (χ2n) is 4.01. The molecule has 0 saturated heterocycles. The summed E-state index contributed by atoms with van der Waals surface area (Å²) < 4.78 is 0. The van der Waals surface area contributed by atoms with Crippen LogP contribution in [0.2, 0.25) is 0 Å². The predicted molar refractivity (Wildman–Crippen MR) is 73.6 cm³/mol. The minimum Gasteiger partial charge on any atom is -0.478 e. The van der Waals surface area contributed by atoms with E-state index in [9.17, 15) is 19.7 Å². The van der Waals surface area contributed by atoms with E-state index in [1.807, 2.05) is 0 Å². The maximum atomic E-state index is 11.5. The molecule has 0 saturated carbocycles. The van der Waals surface area contributed by atoms with Gasteiger partial charge in [0.2, 0.25) is 0 Å². The van der Waals surface area contributed by atoms with Gasteiger partial charge in [0, 0.05) is 29.3 Å². The van der Waals surface area contributed by atoms with Crippen molar-refractivity contribution in [2.75, 3.05) is 0 Å². The number of carboxylic acids is 1. The fraction of sp³-hybridized carbons (Fsp3) is 0. The van der Waals surface area contributed by atoms with Crippen LogP contribution in [0.5, 0.6) is 0 Å². The summed E-state index contributed by atoms with van der Waals surface area (Å²) in [6, 6.07) is 7.01. The van der Waals surface area contributed by atoms with Gasteiger partial charge in [-0.1, -0.05) is 0 Å². The standard InChI is InChI=1S/C13H9N3O5/c17-12(18)6-3-9-7-11(14-15-13(9)19)8-1-4-10(5-2-8)16(20)21/h1-7H,(H,15,19)(H,17,18)/b6-3+. The first kappa shape index (κ1) is 14.1. The molecule has 0 atom stereocenters. The number of benzene rings is 1. The molecule has 0 aliphatic rings. The van der Waals surface area contributed by atoms with Crippen molar-refractivity contribution in [3.8, 4) is 11.3 Å². The predicted octanol–water partition coefficient (Wildman–Crippen LogP) is 1.44. The number of hydrogen-bond acceptors (Lipinski definition) is 5. The van der Waals surface area contributed by atoms with E-state index in [4.69, 9.17) is 5.11 Å². The van der Waals surface area contributed by atoms with Gasteiger partial charge in [-0.3, -0.25) is 14.9 Å². The molecule has 2 rings (SSSR count). The van der Waals surface area contributed by atoms with Gasteiger partial charge in [0.25, 0.3) is 11.2 Å². The van der Waals surface area contributed by atoms with Crippen molar-refractivity contribution in [3.05, 3.63) is 62.4 Å². The van der Waals surface area contributed by atoms with E-state index in [-0.39, 0.29) is 11.3 Å². The van der Waals surface area contributed by atoms with Crippen molar-refractivity contribution < 1.29 is 14.8 Å². The van der Waals surface area contributed by atoms with E-state index in [1.165, 1.54) is 30.3 Å². The molecular formula is C13H9N3O5. The normalized spacial score (nSPS) is 10.7. The second kappa shape index (κ2) is 5.78. The number of carbonyl (C=O) groups is 1. The van der Waals surface area contributed by atoms with Gasteiger partial charge in [0.05, 0.1) is 10.6 Å². The molecule has 2 aromatic rings. The summed E-state index contributed by atoms with van der Waals surface area (Å²) in [6.07, 6.45) is 1.99. The number of aromatic nitrogens is 2. The monoisotopic (exact) mass is 287 g/mol. The number of H-pyrrole nitrogens is 1. The zero-order valence-corrected chi connectivity index (χ0v) is 10.5. The molecule has 8 nitrogen and oxygen atoms in total. The molecule has 8 heteroatoms. The molecule has 0 fully saturated rings. The van der Waals surface area contributed by atoms with Crippen molar-refractivity contribution in [2.24, 2.45) is 0 Å². The molecule has 1 aromatic carbocycles. The quantitative estimate of drug-likeness (QED) is 0.497. The Bertz CT molecular complexity index is 777. The Morgan fingerprint density at radius 3 is 2.57 bits per heavy atom. The number of rotatable bonds is 4. The van der Waals surface area contributed by atoms with Crippen LogP contribution in [0.15, 0.2) is 41.2 Å². The maximum Gasteiger partial charge on any atom is 0.328 e. The zero-order valence-electron chi connectivity index (χ0n) is 10.5. The lowest BCUT2D eigenvalue weighted by molar-refractivity contribution is -0.384. The number of aromatic amines is 1. The minimum atomic E-state index is -1.18. The molecule has 0 bridgehead atoms. The van der Waals surface area contributed by atoms with Crippen LogP contribution in [-0.4, -0.2) is 26.2 Å². The van der Waals surface area contributed by atoms with E-state index in [0.717, 1.165) is 12.2 Å². The van der Waals surface area contributed by atoms with Crippen LogP contribution in [0.25, 0.3) is 17.3 Å². The van der Waals surface area contributed by atoms with Gasteiger partial charge >= 0.3 is 5.97 Å². The lowest BCUT2D eigenvalue weighted by Gasteiger charge is -2.01. The van der Waals surface area contributed by atoms with Gasteiger partial charge in [-0.25, -0.2) is 9.89 Å². The smallest absolute Gasteiger partial charge is 0.328 e. The first-order chi connectivity index (χ1) is 9.97. The average molecular weight is 287 g/mol. The first-order valence-corrected chi connectivity index (χ1v) is 5.73. The number of nitrogens with one attached hydrogen (secondary N) is 1. The third-order valence-electron chi connectivity index (χ3n) is 2.61. The maximum absolute atomic E-state index is 11.5. The van der Waals surface area contributed by atoms with E-state index in [2.05, 4.69) is 10.2 Å². The summed E-state index contributed by atoms with van der Waals surface area (Å²) in [6.45, 7) is 0. The Morgan fingerprint density at radius 1 is 1.33 bits per heavy atom. The molecule has 1 heterocycles. The topological polar surface area (TPSA) is 126 Å². The Hall–Kier alpha value is -3.29. The Balaban J connectivity index is 2.40. The van der Waals surface area contributed by atoms with E-state index >= 15 is 0 Å². The third-order valence-corrected chi connectivity index (χ3v) is 2.61. The Labute approximate surface area is 117 Å². The highest BCUT2D eigenvalue weighted by Gasteiger charge is 2.07. The van der Waals surface area contributed by atoms with Crippen LogP contribution in [0.4, 0.5) is 5.69 Å². The lowest BCUT2D eigenvalue weighted by atomic mass is 10.1. The fourth-order valence-corrected chi connectivity index (χ4v) is 1.61. The number of non-ortho nitro benzene ring substituents is 1. The van der Waals surface area contributed by atoms with Crippen molar-refractivity contribution >= 4 is 17.7 Å². The van der Waals surface area contributed by atoms with E-state index < -0.39 is 16.5 Å². The number of nitro benzene ring substituents is 1. The van der Waals surface area contributed by atoms with Crippen LogP contribution in [0, 0.1) is 10.1 Å². The lowest BCUT2D eigenvalue weighted by Crippen LogP contribution is -2.11. The van der Waals surface area contributed by atoms with Crippen LogP contribution < -0.4 is 5.56 Å². The van der Waals surface area contributed by atoms with Gasteiger partial charge < -0.3 is 5.11 Å². The van der Waals surface area contributed by atoms with E-state index in [0.29, 0.717) is 11.3 Å². The van der Waals surface area contributed by atoms with Crippen molar-refractivity contribution in [1.29, 1.82) is 0 Å². The van der Waals surface area contributed by atoms with Gasteiger partial charge in [0.1, 0.15) is 0 Å². The number of aliphatic carboxylic acids is 1. The summed E-state index contributed by atoms with van der Waals surface area (Å²) in [5.41, 5.74) is 0.462. The summed E-state index contributed by atoms with van der Waals surface area (Å²) in [7, 11) is 0. The SMILES string of the molecule is O=C(O)/C=C/c1cc(-c2ccc([N+](=O)[O-])cc2)n[nH]c1=O. The molecule has 21 heavy (non-hydrogen) atoms. The highest BCUT2D eigenvalue weighted by molar-refractivity contribution is 5.85. The molecule has 0 aliphatic carbocycles. The molecule has 0 aliphatic heterocycles. The molecule has 0 radical (unpaired) electrons.